The van der Waals surface area contributed by atoms with Crippen LogP contribution in [-0.2, 0) is 6.54 Å². The second-order valence-corrected chi connectivity index (χ2v) is 5.74. The zero-order valence-electron chi connectivity index (χ0n) is 13.5. The molecule has 3 aromatic rings. The molecule has 0 aliphatic heterocycles. The molecule has 1 heterocycles. The monoisotopic (exact) mass is 305 g/mol. The third-order valence-corrected chi connectivity index (χ3v) is 3.90. The van der Waals surface area contributed by atoms with Gasteiger partial charge in [-0.3, -0.25) is 0 Å². The summed E-state index contributed by atoms with van der Waals surface area (Å²) in [6.45, 7) is 4.20. The summed E-state index contributed by atoms with van der Waals surface area (Å²) in [7, 11) is 0. The highest BCUT2D eigenvalue weighted by Gasteiger charge is 2.05. The van der Waals surface area contributed by atoms with Crippen LogP contribution in [0.5, 0.6) is 0 Å². The summed E-state index contributed by atoms with van der Waals surface area (Å²) >= 11 is 0. The third kappa shape index (κ3) is 4.08. The van der Waals surface area contributed by atoms with E-state index in [-0.39, 0.29) is 0 Å². The van der Waals surface area contributed by atoms with Crippen molar-refractivity contribution in [3.63, 3.8) is 0 Å². The first-order chi connectivity index (χ1) is 11.4. The summed E-state index contributed by atoms with van der Waals surface area (Å²) in [5, 5.41) is 3.49. The summed E-state index contributed by atoms with van der Waals surface area (Å²) < 4.78 is 0. The van der Waals surface area contributed by atoms with Crippen molar-refractivity contribution in [2.24, 2.45) is 0 Å². The first kappa shape index (κ1) is 15.5. The highest BCUT2D eigenvalue weighted by molar-refractivity contribution is 5.64. The van der Waals surface area contributed by atoms with Gasteiger partial charge in [0.1, 0.15) is 5.82 Å². The van der Waals surface area contributed by atoms with E-state index in [9.17, 15) is 0 Å². The van der Waals surface area contributed by atoms with Gasteiger partial charge in [-0.2, -0.15) is 0 Å². The van der Waals surface area contributed by atoms with Gasteiger partial charge in [-0.25, -0.2) is 4.98 Å². The molecule has 1 aromatic heterocycles. The summed E-state index contributed by atoms with van der Waals surface area (Å²) in [4.78, 5) is 7.93. The predicted molar refractivity (Wildman–Crippen MR) is 96.1 cm³/mol. The molecule has 2 aromatic carbocycles. The van der Waals surface area contributed by atoms with E-state index in [0.717, 1.165) is 30.2 Å². The fourth-order valence-corrected chi connectivity index (χ4v) is 2.59. The lowest BCUT2D eigenvalue weighted by Gasteiger charge is -2.06. The topological polar surface area (TPSA) is 40.7 Å². The summed E-state index contributed by atoms with van der Waals surface area (Å²) in [5.74, 6) is 0.909. The lowest BCUT2D eigenvalue weighted by molar-refractivity contribution is 0.641. The number of nitrogens with zero attached hydrogens (tertiary/aromatic N) is 1. The first-order valence-electron chi connectivity index (χ1n) is 8.27. The molecule has 3 heteroatoms. The fourth-order valence-electron chi connectivity index (χ4n) is 2.59. The van der Waals surface area contributed by atoms with E-state index in [1.165, 1.54) is 24.0 Å². The Morgan fingerprint density at radius 2 is 1.83 bits per heavy atom. The Labute approximate surface area is 137 Å². The van der Waals surface area contributed by atoms with Crippen LogP contribution in [0, 0.1) is 0 Å². The van der Waals surface area contributed by atoms with Crippen LogP contribution in [0.4, 0.5) is 0 Å². The number of H-pyrrole nitrogens is 1. The van der Waals surface area contributed by atoms with Crippen molar-refractivity contribution in [3.8, 4) is 22.6 Å². The zero-order valence-corrected chi connectivity index (χ0v) is 13.5. The van der Waals surface area contributed by atoms with Crippen LogP contribution in [0.15, 0.2) is 60.8 Å². The van der Waals surface area contributed by atoms with Crippen molar-refractivity contribution in [1.29, 1.82) is 0 Å². The molecular formula is C20H23N3. The van der Waals surface area contributed by atoms with Gasteiger partial charge in [0.25, 0.3) is 0 Å². The second-order valence-electron chi connectivity index (χ2n) is 5.74. The number of aromatic amines is 1. The number of aromatic nitrogens is 2. The predicted octanol–water partition coefficient (Wildman–Crippen LogP) is 4.63. The summed E-state index contributed by atoms with van der Waals surface area (Å²) in [6, 6.07) is 18.8. The van der Waals surface area contributed by atoms with Gasteiger partial charge < -0.3 is 10.3 Å². The number of hydrogen-bond donors (Lipinski definition) is 2. The molecule has 23 heavy (non-hydrogen) atoms. The standard InChI is InChI=1S/C20H23N3/c1-2-3-12-21-14-16-8-7-11-18(13-16)19-15-22-20(23-19)17-9-5-4-6-10-17/h4-11,13,15,21H,2-3,12,14H2,1H3,(H,22,23). The van der Waals surface area contributed by atoms with Crippen molar-refractivity contribution in [2.75, 3.05) is 6.54 Å². The van der Waals surface area contributed by atoms with E-state index in [1.807, 2.05) is 24.4 Å². The molecule has 0 aliphatic rings. The lowest BCUT2D eigenvalue weighted by Crippen LogP contribution is -2.14. The van der Waals surface area contributed by atoms with E-state index >= 15 is 0 Å². The van der Waals surface area contributed by atoms with Gasteiger partial charge in [0.05, 0.1) is 11.9 Å². The second kappa shape index (κ2) is 7.75. The van der Waals surface area contributed by atoms with Crippen LogP contribution in [0.25, 0.3) is 22.6 Å². The Balaban J connectivity index is 1.73. The average Bonchev–Trinajstić information content (AvgIpc) is 3.10. The Hall–Kier alpha value is -2.39. The highest BCUT2D eigenvalue weighted by atomic mass is 14.9. The highest BCUT2D eigenvalue weighted by Crippen LogP contribution is 2.22. The maximum Gasteiger partial charge on any atom is 0.137 e. The fraction of sp³-hybridized carbons (Fsp3) is 0.250. The van der Waals surface area contributed by atoms with E-state index in [1.54, 1.807) is 0 Å². The number of hydrogen-bond acceptors (Lipinski definition) is 2. The first-order valence-corrected chi connectivity index (χ1v) is 8.27. The molecule has 0 unspecified atom stereocenters. The smallest absolute Gasteiger partial charge is 0.137 e. The minimum atomic E-state index is 0.909. The average molecular weight is 305 g/mol. The molecule has 0 fully saturated rings. The molecule has 3 rings (SSSR count). The molecule has 0 saturated heterocycles. The molecule has 0 aliphatic carbocycles. The lowest BCUT2D eigenvalue weighted by atomic mass is 10.1. The van der Waals surface area contributed by atoms with E-state index in [0.29, 0.717) is 0 Å². The summed E-state index contributed by atoms with van der Waals surface area (Å²) in [6.07, 6.45) is 4.36. The van der Waals surface area contributed by atoms with Crippen molar-refractivity contribution in [2.45, 2.75) is 26.3 Å². The van der Waals surface area contributed by atoms with E-state index < -0.39 is 0 Å². The molecule has 2 N–H and O–H groups in total. The van der Waals surface area contributed by atoms with Crippen LogP contribution < -0.4 is 5.32 Å². The van der Waals surface area contributed by atoms with Gasteiger partial charge >= 0.3 is 0 Å². The normalized spacial score (nSPS) is 10.8. The number of benzene rings is 2. The van der Waals surface area contributed by atoms with Gasteiger partial charge in [-0.15, -0.1) is 0 Å². The molecular weight excluding hydrogens is 282 g/mol. The Bertz CT molecular complexity index is 731. The van der Waals surface area contributed by atoms with Crippen LogP contribution >= 0.6 is 0 Å². The number of rotatable bonds is 7. The van der Waals surface area contributed by atoms with Gasteiger partial charge in [0.2, 0.25) is 0 Å². The van der Waals surface area contributed by atoms with Gasteiger partial charge in [-0.05, 0) is 30.2 Å². The van der Waals surface area contributed by atoms with Crippen molar-refractivity contribution in [1.82, 2.24) is 15.3 Å². The molecule has 0 atom stereocenters. The Morgan fingerprint density at radius 1 is 1.00 bits per heavy atom. The van der Waals surface area contributed by atoms with Crippen molar-refractivity contribution < 1.29 is 0 Å². The van der Waals surface area contributed by atoms with Gasteiger partial charge in [0, 0.05) is 12.1 Å². The maximum absolute atomic E-state index is 4.51. The third-order valence-electron chi connectivity index (χ3n) is 3.90. The van der Waals surface area contributed by atoms with E-state index in [2.05, 4.69) is 58.6 Å². The van der Waals surface area contributed by atoms with E-state index in [4.69, 9.17) is 0 Å². The van der Waals surface area contributed by atoms with Crippen LogP contribution in [-0.4, -0.2) is 16.5 Å². The number of unbranched alkanes of at least 4 members (excludes halogenated alkanes) is 1. The molecule has 0 radical (unpaired) electrons. The van der Waals surface area contributed by atoms with Crippen LogP contribution in [0.3, 0.4) is 0 Å². The molecule has 118 valence electrons. The number of imidazole rings is 1. The largest absolute Gasteiger partial charge is 0.338 e. The Kier molecular flexibility index (Phi) is 5.22. The van der Waals surface area contributed by atoms with Crippen LogP contribution in [0.1, 0.15) is 25.3 Å². The summed E-state index contributed by atoms with van der Waals surface area (Å²) in [5.41, 5.74) is 4.64. The number of nitrogens with one attached hydrogen (secondary N) is 2. The SMILES string of the molecule is CCCCNCc1cccc(-c2cnc(-c3ccccc3)[nH]2)c1. The van der Waals surface area contributed by atoms with Gasteiger partial charge in [0.15, 0.2) is 0 Å². The molecule has 0 spiro atoms. The Morgan fingerprint density at radius 3 is 2.65 bits per heavy atom. The molecule has 0 saturated carbocycles. The van der Waals surface area contributed by atoms with Crippen molar-refractivity contribution >= 4 is 0 Å². The quantitative estimate of drug-likeness (QED) is 0.625. The molecule has 0 amide bonds. The van der Waals surface area contributed by atoms with Crippen molar-refractivity contribution in [3.05, 3.63) is 66.4 Å². The van der Waals surface area contributed by atoms with Crippen LogP contribution in [0.2, 0.25) is 0 Å². The van der Waals surface area contributed by atoms with Gasteiger partial charge in [-0.1, -0.05) is 61.9 Å². The zero-order chi connectivity index (χ0) is 15.9. The maximum atomic E-state index is 4.51. The minimum absolute atomic E-state index is 0.909. The molecule has 0 bridgehead atoms. The minimum Gasteiger partial charge on any atom is -0.338 e. The molecule has 3 nitrogen and oxygen atoms in total.